The molecule has 90 valence electrons. The van der Waals surface area contributed by atoms with Crippen LogP contribution >= 0.6 is 15.9 Å². The lowest BCUT2D eigenvalue weighted by atomic mass is 10.1. The van der Waals surface area contributed by atoms with E-state index in [4.69, 9.17) is 0 Å². The molecule has 1 aromatic rings. The SMILES string of the molecule is CC1CCN(S(=O)(=O)c2cn[nH]c2)C1CBr. The van der Waals surface area contributed by atoms with E-state index in [1.807, 2.05) is 0 Å². The minimum atomic E-state index is -3.38. The van der Waals surface area contributed by atoms with Crippen LogP contribution in [0.25, 0.3) is 0 Å². The van der Waals surface area contributed by atoms with Gasteiger partial charge in [-0.25, -0.2) is 8.42 Å². The predicted octanol–water partition coefficient (Wildman–Crippen LogP) is 1.20. The molecule has 2 rings (SSSR count). The lowest BCUT2D eigenvalue weighted by molar-refractivity contribution is 0.378. The average molecular weight is 308 g/mol. The second-order valence-corrected chi connectivity index (χ2v) is 6.58. The van der Waals surface area contributed by atoms with Crippen molar-refractivity contribution in [3.8, 4) is 0 Å². The zero-order chi connectivity index (χ0) is 11.8. The average Bonchev–Trinajstić information content (AvgIpc) is 2.85. The van der Waals surface area contributed by atoms with Crippen molar-refractivity contribution in [1.29, 1.82) is 0 Å². The summed E-state index contributed by atoms with van der Waals surface area (Å²) in [4.78, 5) is 0.243. The summed E-state index contributed by atoms with van der Waals surface area (Å²) in [7, 11) is -3.38. The van der Waals surface area contributed by atoms with Crippen LogP contribution in [0.5, 0.6) is 0 Å². The van der Waals surface area contributed by atoms with Crippen molar-refractivity contribution in [1.82, 2.24) is 14.5 Å². The molecular formula is C9H14BrN3O2S. The van der Waals surface area contributed by atoms with Gasteiger partial charge in [0.25, 0.3) is 0 Å². The molecule has 16 heavy (non-hydrogen) atoms. The highest BCUT2D eigenvalue weighted by molar-refractivity contribution is 9.09. The number of nitrogens with one attached hydrogen (secondary N) is 1. The molecule has 1 aliphatic rings. The Balaban J connectivity index is 2.32. The number of H-pyrrole nitrogens is 1. The Morgan fingerprint density at radius 3 is 3.00 bits per heavy atom. The van der Waals surface area contributed by atoms with E-state index in [0.29, 0.717) is 17.8 Å². The van der Waals surface area contributed by atoms with E-state index < -0.39 is 10.0 Å². The molecule has 0 bridgehead atoms. The third-order valence-corrected chi connectivity index (χ3v) is 5.62. The topological polar surface area (TPSA) is 66.1 Å². The molecular weight excluding hydrogens is 294 g/mol. The number of hydrogen-bond donors (Lipinski definition) is 1. The molecule has 2 atom stereocenters. The second kappa shape index (κ2) is 4.46. The largest absolute Gasteiger partial charge is 0.284 e. The smallest absolute Gasteiger partial charge is 0.246 e. The van der Waals surface area contributed by atoms with E-state index in [-0.39, 0.29) is 10.9 Å². The summed E-state index contributed by atoms with van der Waals surface area (Å²) in [6, 6.07) is 0.0416. The number of rotatable bonds is 3. The number of nitrogens with zero attached hydrogens (tertiary/aromatic N) is 2. The van der Waals surface area contributed by atoms with Crippen LogP contribution in [0.1, 0.15) is 13.3 Å². The van der Waals surface area contributed by atoms with Gasteiger partial charge in [-0.3, -0.25) is 5.10 Å². The number of halogens is 1. The molecule has 0 radical (unpaired) electrons. The molecule has 0 saturated carbocycles. The van der Waals surface area contributed by atoms with Crippen molar-refractivity contribution in [3.05, 3.63) is 12.4 Å². The van der Waals surface area contributed by atoms with Crippen LogP contribution in [0.4, 0.5) is 0 Å². The van der Waals surface area contributed by atoms with Gasteiger partial charge in [-0.1, -0.05) is 22.9 Å². The Bertz CT molecular complexity index is 445. The molecule has 0 spiro atoms. The highest BCUT2D eigenvalue weighted by Gasteiger charge is 2.39. The zero-order valence-corrected chi connectivity index (χ0v) is 11.3. The first-order valence-corrected chi connectivity index (χ1v) is 7.70. The molecule has 0 amide bonds. The molecule has 2 heterocycles. The lowest BCUT2D eigenvalue weighted by Gasteiger charge is -2.23. The molecule has 1 fully saturated rings. The van der Waals surface area contributed by atoms with Crippen molar-refractivity contribution in [2.75, 3.05) is 11.9 Å². The monoisotopic (exact) mass is 307 g/mol. The molecule has 7 heteroatoms. The van der Waals surface area contributed by atoms with Crippen molar-refractivity contribution in [2.45, 2.75) is 24.3 Å². The third-order valence-electron chi connectivity index (χ3n) is 3.07. The van der Waals surface area contributed by atoms with E-state index in [1.54, 1.807) is 4.31 Å². The van der Waals surface area contributed by atoms with Crippen molar-refractivity contribution >= 4 is 26.0 Å². The van der Waals surface area contributed by atoms with Gasteiger partial charge >= 0.3 is 0 Å². The molecule has 5 nitrogen and oxygen atoms in total. The number of aromatic amines is 1. The van der Waals surface area contributed by atoms with Gasteiger partial charge in [0.05, 0.1) is 6.20 Å². The number of hydrogen-bond acceptors (Lipinski definition) is 3. The zero-order valence-electron chi connectivity index (χ0n) is 8.93. The van der Waals surface area contributed by atoms with E-state index in [9.17, 15) is 8.42 Å². The molecule has 0 aromatic carbocycles. The normalized spacial score (nSPS) is 27.4. The molecule has 1 aromatic heterocycles. The fourth-order valence-corrected chi connectivity index (χ4v) is 4.84. The standard InChI is InChI=1S/C9H14BrN3O2S/c1-7-2-3-13(9(7)4-10)16(14,15)8-5-11-12-6-8/h5-7,9H,2-4H2,1H3,(H,11,12). The van der Waals surface area contributed by atoms with Crippen LogP contribution in [-0.4, -0.2) is 40.8 Å². The summed E-state index contributed by atoms with van der Waals surface area (Å²) < 4.78 is 26.1. The molecule has 2 unspecified atom stereocenters. The number of alkyl halides is 1. The van der Waals surface area contributed by atoms with E-state index in [0.717, 1.165) is 6.42 Å². The summed E-state index contributed by atoms with van der Waals surface area (Å²) in [6.07, 6.45) is 3.68. The Morgan fingerprint density at radius 2 is 2.44 bits per heavy atom. The molecule has 1 aliphatic heterocycles. The Kier molecular flexibility index (Phi) is 3.37. The summed E-state index contributed by atoms with van der Waals surface area (Å²) in [5, 5.41) is 6.89. The quantitative estimate of drug-likeness (QED) is 0.853. The van der Waals surface area contributed by atoms with Crippen LogP contribution in [0.3, 0.4) is 0 Å². The first-order chi connectivity index (χ1) is 7.57. The highest BCUT2D eigenvalue weighted by Crippen LogP contribution is 2.30. The number of aromatic nitrogens is 2. The van der Waals surface area contributed by atoms with Crippen molar-refractivity contribution in [3.63, 3.8) is 0 Å². The van der Waals surface area contributed by atoms with Gasteiger partial charge in [0, 0.05) is 24.1 Å². The molecule has 1 saturated heterocycles. The van der Waals surface area contributed by atoms with Gasteiger partial charge < -0.3 is 0 Å². The maximum absolute atomic E-state index is 12.3. The Hall–Kier alpha value is -0.400. The van der Waals surface area contributed by atoms with Crippen LogP contribution in [0, 0.1) is 5.92 Å². The predicted molar refractivity (Wildman–Crippen MR) is 63.8 cm³/mol. The first kappa shape index (κ1) is 12.1. The van der Waals surface area contributed by atoms with Gasteiger partial charge in [-0.2, -0.15) is 9.40 Å². The maximum Gasteiger partial charge on any atom is 0.246 e. The number of sulfonamides is 1. The van der Waals surface area contributed by atoms with Gasteiger partial charge in [-0.05, 0) is 12.3 Å². The van der Waals surface area contributed by atoms with Crippen LogP contribution in [-0.2, 0) is 10.0 Å². The maximum atomic E-state index is 12.3. The van der Waals surface area contributed by atoms with Crippen LogP contribution < -0.4 is 0 Å². The van der Waals surface area contributed by atoms with E-state index >= 15 is 0 Å². The summed E-state index contributed by atoms with van der Waals surface area (Å²) >= 11 is 3.38. The van der Waals surface area contributed by atoms with Crippen LogP contribution in [0.2, 0.25) is 0 Å². The lowest BCUT2D eigenvalue weighted by Crippen LogP contribution is -2.38. The van der Waals surface area contributed by atoms with E-state index in [2.05, 4.69) is 33.1 Å². The minimum absolute atomic E-state index is 0.0416. The second-order valence-electron chi connectivity index (χ2n) is 4.04. The fraction of sp³-hybridized carbons (Fsp3) is 0.667. The highest BCUT2D eigenvalue weighted by atomic mass is 79.9. The first-order valence-electron chi connectivity index (χ1n) is 5.14. The summed E-state index contributed by atoms with van der Waals surface area (Å²) in [6.45, 7) is 2.67. The van der Waals surface area contributed by atoms with Gasteiger partial charge in [0.1, 0.15) is 4.90 Å². The van der Waals surface area contributed by atoms with Gasteiger partial charge in [0.15, 0.2) is 0 Å². The Morgan fingerprint density at radius 1 is 1.69 bits per heavy atom. The fourth-order valence-electron chi connectivity index (χ4n) is 2.02. The summed E-state index contributed by atoms with van der Waals surface area (Å²) in [5.41, 5.74) is 0. The minimum Gasteiger partial charge on any atom is -0.284 e. The van der Waals surface area contributed by atoms with Gasteiger partial charge in [0.2, 0.25) is 10.0 Å². The summed E-state index contributed by atoms with van der Waals surface area (Å²) in [5.74, 6) is 0.390. The van der Waals surface area contributed by atoms with Crippen LogP contribution in [0.15, 0.2) is 17.3 Å². The third kappa shape index (κ3) is 1.91. The van der Waals surface area contributed by atoms with Crippen molar-refractivity contribution in [2.24, 2.45) is 5.92 Å². The Labute approximate surface area is 103 Å². The molecule has 0 aliphatic carbocycles. The molecule has 1 N–H and O–H groups in total. The van der Waals surface area contributed by atoms with Crippen molar-refractivity contribution < 1.29 is 8.42 Å². The van der Waals surface area contributed by atoms with E-state index in [1.165, 1.54) is 12.4 Å². The van der Waals surface area contributed by atoms with Gasteiger partial charge in [-0.15, -0.1) is 0 Å².